The molecule has 0 saturated heterocycles. The first-order valence-electron chi connectivity index (χ1n) is 3.39. The van der Waals surface area contributed by atoms with Gasteiger partial charge in [-0.3, -0.25) is 0 Å². The summed E-state index contributed by atoms with van der Waals surface area (Å²) in [6.45, 7) is 0.148. The minimum Gasteiger partial charge on any atom is -0.537 e. The van der Waals surface area contributed by atoms with Gasteiger partial charge in [-0.05, 0) is 6.07 Å². The summed E-state index contributed by atoms with van der Waals surface area (Å²) in [6, 6.07) is 4.20. The Morgan fingerprint density at radius 3 is 2.83 bits per heavy atom. The Kier molecular flexibility index (Phi) is 3.07. The highest BCUT2D eigenvalue weighted by Gasteiger charge is 2.02. The molecule has 3 nitrogen and oxygen atoms in total. The number of hydrogen-bond donors (Lipinski definition) is 2. The van der Waals surface area contributed by atoms with Crippen molar-refractivity contribution in [2.75, 3.05) is 0 Å². The fourth-order valence-electron chi connectivity index (χ4n) is 0.828. The van der Waals surface area contributed by atoms with E-state index in [0.717, 1.165) is 6.07 Å². The first kappa shape index (κ1) is 9.03. The first-order chi connectivity index (χ1) is 5.77. The van der Waals surface area contributed by atoms with E-state index in [-0.39, 0.29) is 12.3 Å². The highest BCUT2D eigenvalue weighted by molar-refractivity contribution is 6.17. The van der Waals surface area contributed by atoms with E-state index in [1.54, 1.807) is 0 Å². The molecule has 3 N–H and O–H groups in total. The molecule has 0 fully saturated rings. The number of halogens is 1. The lowest BCUT2D eigenvalue weighted by atomic mass is 10.2. The average molecular weight is 168 g/mol. The van der Waals surface area contributed by atoms with Crippen LogP contribution in [-0.2, 0) is 6.54 Å². The van der Waals surface area contributed by atoms with Crippen LogP contribution < -0.4 is 10.4 Å². The molecule has 0 bridgehead atoms. The van der Waals surface area contributed by atoms with Crippen LogP contribution in [0, 0.1) is 5.82 Å². The van der Waals surface area contributed by atoms with Gasteiger partial charge in [-0.1, -0.05) is 6.07 Å². The third-order valence-electron chi connectivity index (χ3n) is 1.43. The largest absolute Gasteiger partial charge is 0.569 e. The molecule has 1 radical (unpaired) electrons. The molecule has 1 rings (SSSR count). The Balaban J connectivity index is 2.86. The van der Waals surface area contributed by atoms with Crippen LogP contribution in [0.4, 0.5) is 4.39 Å². The first-order valence-corrected chi connectivity index (χ1v) is 3.39. The van der Waals surface area contributed by atoms with E-state index in [1.807, 2.05) is 0 Å². The van der Waals surface area contributed by atoms with Crippen LogP contribution in [0.5, 0.6) is 5.75 Å². The van der Waals surface area contributed by atoms with Gasteiger partial charge in [0.15, 0.2) is 0 Å². The van der Waals surface area contributed by atoms with Crippen LogP contribution in [-0.4, -0.2) is 12.7 Å². The Hall–Kier alpha value is -1.07. The minimum atomic E-state index is -0.433. The van der Waals surface area contributed by atoms with Crippen molar-refractivity contribution in [1.82, 2.24) is 0 Å². The fraction of sp³-hybridized carbons (Fsp3) is 0.143. The van der Waals surface area contributed by atoms with Crippen molar-refractivity contribution in [2.45, 2.75) is 6.54 Å². The molecule has 0 aliphatic carbocycles. The third kappa shape index (κ3) is 1.96. The topological polar surface area (TPSA) is 55.5 Å². The summed E-state index contributed by atoms with van der Waals surface area (Å²) in [5.74, 6) is -0.191. The Labute approximate surface area is 70.3 Å². The zero-order chi connectivity index (χ0) is 8.97. The van der Waals surface area contributed by atoms with E-state index in [4.69, 9.17) is 10.8 Å². The second-order valence-corrected chi connectivity index (χ2v) is 2.18. The van der Waals surface area contributed by atoms with Crippen LogP contribution in [0.1, 0.15) is 5.56 Å². The zero-order valence-corrected chi connectivity index (χ0v) is 6.33. The number of nitrogens with two attached hydrogens (primary N) is 1. The van der Waals surface area contributed by atoms with Crippen molar-refractivity contribution >= 4 is 7.69 Å². The maximum absolute atomic E-state index is 12.9. The van der Waals surface area contributed by atoms with Crippen molar-refractivity contribution < 1.29 is 14.1 Å². The predicted molar refractivity (Wildman–Crippen MR) is 42.9 cm³/mol. The summed E-state index contributed by atoms with van der Waals surface area (Å²) >= 11 is 0. The molecule has 63 valence electrons. The van der Waals surface area contributed by atoms with Crippen molar-refractivity contribution in [3.05, 3.63) is 29.6 Å². The molecule has 12 heavy (non-hydrogen) atoms. The molecular weight excluding hydrogens is 160 g/mol. The molecule has 1 aromatic carbocycles. The smallest absolute Gasteiger partial charge is 0.537 e. The van der Waals surface area contributed by atoms with Gasteiger partial charge in [-0.2, -0.15) is 0 Å². The number of hydrogen-bond acceptors (Lipinski definition) is 3. The summed E-state index contributed by atoms with van der Waals surface area (Å²) in [6.07, 6.45) is 0. The maximum atomic E-state index is 12.9. The van der Waals surface area contributed by atoms with E-state index in [2.05, 4.69) is 4.65 Å². The van der Waals surface area contributed by atoms with Crippen LogP contribution >= 0.6 is 0 Å². The fourth-order valence-corrected chi connectivity index (χ4v) is 0.828. The lowest BCUT2D eigenvalue weighted by Gasteiger charge is -2.03. The zero-order valence-electron chi connectivity index (χ0n) is 6.33. The molecule has 0 aliphatic rings. The molecule has 0 heterocycles. The van der Waals surface area contributed by atoms with E-state index >= 15 is 0 Å². The molecule has 0 saturated carbocycles. The van der Waals surface area contributed by atoms with Crippen molar-refractivity contribution in [3.63, 3.8) is 0 Å². The van der Waals surface area contributed by atoms with Crippen LogP contribution in [0.3, 0.4) is 0 Å². The van der Waals surface area contributed by atoms with Gasteiger partial charge in [0.2, 0.25) is 0 Å². The maximum Gasteiger partial charge on any atom is 0.569 e. The van der Waals surface area contributed by atoms with Gasteiger partial charge in [0.1, 0.15) is 11.6 Å². The summed E-state index contributed by atoms with van der Waals surface area (Å²) < 4.78 is 17.5. The summed E-state index contributed by atoms with van der Waals surface area (Å²) in [5.41, 5.74) is 5.65. The Bertz CT molecular complexity index is 270. The molecule has 0 aliphatic heterocycles. The standard InChI is InChI=1S/C7H8BFNO2/c9-7-3-6(12-8-11)2-1-5(7)4-10/h1-3,11H,4,10H2. The Morgan fingerprint density at radius 1 is 1.58 bits per heavy atom. The monoisotopic (exact) mass is 168 g/mol. The van der Waals surface area contributed by atoms with Gasteiger partial charge in [0.05, 0.1) is 0 Å². The lowest BCUT2D eigenvalue weighted by molar-refractivity contribution is 0.451. The van der Waals surface area contributed by atoms with Crippen molar-refractivity contribution in [3.8, 4) is 5.75 Å². The molecular formula is C7H8BFNO2. The van der Waals surface area contributed by atoms with Crippen LogP contribution in [0.2, 0.25) is 0 Å². The van der Waals surface area contributed by atoms with Crippen molar-refractivity contribution in [2.24, 2.45) is 5.73 Å². The summed E-state index contributed by atoms with van der Waals surface area (Å²) in [7, 11) is 0.497. The molecule has 0 spiro atoms. The highest BCUT2D eigenvalue weighted by atomic mass is 19.1. The lowest BCUT2D eigenvalue weighted by Crippen LogP contribution is -2.03. The van der Waals surface area contributed by atoms with E-state index < -0.39 is 5.82 Å². The van der Waals surface area contributed by atoms with Gasteiger partial charge in [-0.25, -0.2) is 4.39 Å². The third-order valence-corrected chi connectivity index (χ3v) is 1.43. The van der Waals surface area contributed by atoms with E-state index in [9.17, 15) is 4.39 Å². The summed E-state index contributed by atoms with van der Waals surface area (Å²) in [4.78, 5) is 0. The second kappa shape index (κ2) is 4.08. The molecule has 5 heteroatoms. The van der Waals surface area contributed by atoms with Gasteiger partial charge in [-0.15, -0.1) is 0 Å². The van der Waals surface area contributed by atoms with Gasteiger partial charge >= 0.3 is 7.69 Å². The molecule has 1 aromatic rings. The van der Waals surface area contributed by atoms with Crippen molar-refractivity contribution in [1.29, 1.82) is 0 Å². The minimum absolute atomic E-state index is 0.148. The second-order valence-electron chi connectivity index (χ2n) is 2.18. The predicted octanol–water partition coefficient (Wildman–Crippen LogP) is 0.190. The van der Waals surface area contributed by atoms with Gasteiger partial charge in [0, 0.05) is 18.2 Å². The SMILES string of the molecule is NCc1ccc(O[B]O)cc1F. The van der Waals surface area contributed by atoms with Gasteiger partial charge < -0.3 is 15.4 Å². The van der Waals surface area contributed by atoms with Crippen LogP contribution in [0.25, 0.3) is 0 Å². The molecule has 0 atom stereocenters. The Morgan fingerprint density at radius 2 is 2.33 bits per heavy atom. The van der Waals surface area contributed by atoms with E-state index in [0.29, 0.717) is 13.2 Å². The van der Waals surface area contributed by atoms with Crippen LogP contribution in [0.15, 0.2) is 18.2 Å². The van der Waals surface area contributed by atoms with Gasteiger partial charge in [0.25, 0.3) is 0 Å². The highest BCUT2D eigenvalue weighted by Crippen LogP contribution is 2.15. The molecule has 0 amide bonds. The molecule has 0 aromatic heterocycles. The number of benzene rings is 1. The quantitative estimate of drug-likeness (QED) is 0.633. The average Bonchev–Trinajstić information content (AvgIpc) is 2.05. The number of rotatable bonds is 3. The normalized spacial score (nSPS) is 9.58. The summed E-state index contributed by atoms with van der Waals surface area (Å²) in [5, 5.41) is 8.24. The van der Waals surface area contributed by atoms with E-state index in [1.165, 1.54) is 12.1 Å². The molecule has 0 unspecified atom stereocenters.